The molecule has 0 unspecified atom stereocenters. The summed E-state index contributed by atoms with van der Waals surface area (Å²) in [4.78, 5) is 41.2. The minimum Gasteiger partial charge on any atom is -0.497 e. The summed E-state index contributed by atoms with van der Waals surface area (Å²) in [6.45, 7) is 7.69. The monoisotopic (exact) mass is 556 g/mol. The average molecular weight is 557 g/mol. The summed E-state index contributed by atoms with van der Waals surface area (Å²) < 4.78 is 10.5. The molecule has 3 rings (SSSR count). The number of carbonyl (C=O) groups excluding carboxylic acids is 3. The number of quaternary nitrogens is 1. The van der Waals surface area contributed by atoms with Gasteiger partial charge in [-0.05, 0) is 80.1 Å². The van der Waals surface area contributed by atoms with E-state index < -0.39 is 0 Å². The van der Waals surface area contributed by atoms with Crippen LogP contribution in [0.5, 0.6) is 5.75 Å². The smallest absolute Gasteiger partial charge is 0.338 e. The van der Waals surface area contributed by atoms with Crippen LogP contribution in [0.15, 0.2) is 53.4 Å². The summed E-state index contributed by atoms with van der Waals surface area (Å²) in [5.41, 5.74) is 1.95. The standard InChI is InChI=1S/C28H33N3O5S2/c1-4-30(5-2)17-18-36-27(33)21-10-12-22(13-11-21)29-25(32)7-6-16-31-26(37)24(38-28(31)34)19-20-8-14-23(35-3)15-9-20/h8-15,19H,4-7,16-18H2,1-3H3,(H,29,32)/p+1/b24-19+. The zero-order valence-electron chi connectivity index (χ0n) is 22.0. The van der Waals surface area contributed by atoms with Crippen LogP contribution in [0, 0.1) is 0 Å². The fraction of sp³-hybridized carbons (Fsp3) is 0.357. The minimum absolute atomic E-state index is 0.142. The number of benzene rings is 2. The molecule has 1 heterocycles. The first-order valence-corrected chi connectivity index (χ1v) is 13.9. The number of amides is 2. The second-order valence-electron chi connectivity index (χ2n) is 8.68. The van der Waals surface area contributed by atoms with Crippen molar-refractivity contribution in [3.63, 3.8) is 0 Å². The lowest BCUT2D eigenvalue weighted by Gasteiger charge is -2.15. The van der Waals surface area contributed by atoms with Gasteiger partial charge in [-0.25, -0.2) is 4.79 Å². The SMILES string of the molecule is CC[NH+](CC)CCOC(=O)c1ccc(NC(=O)CCCN2C(=O)S/C(=C/c3ccc(OC)cc3)C2=S)cc1. The Balaban J connectivity index is 1.43. The van der Waals surface area contributed by atoms with E-state index in [-0.39, 0.29) is 23.5 Å². The largest absolute Gasteiger partial charge is 0.497 e. The molecule has 10 heteroatoms. The van der Waals surface area contributed by atoms with Crippen molar-refractivity contribution in [2.75, 3.05) is 45.2 Å². The summed E-state index contributed by atoms with van der Waals surface area (Å²) in [6, 6.07) is 14.1. The number of hydrogen-bond donors (Lipinski definition) is 2. The molecule has 2 aromatic carbocycles. The maximum Gasteiger partial charge on any atom is 0.338 e. The number of thioether (sulfide) groups is 1. The molecule has 202 valence electrons. The molecule has 2 amide bonds. The highest BCUT2D eigenvalue weighted by molar-refractivity contribution is 8.19. The summed E-state index contributed by atoms with van der Waals surface area (Å²) in [6.07, 6.45) is 2.57. The van der Waals surface area contributed by atoms with Crippen molar-refractivity contribution >= 4 is 57.8 Å². The van der Waals surface area contributed by atoms with Crippen LogP contribution in [0.2, 0.25) is 0 Å². The van der Waals surface area contributed by atoms with Crippen LogP contribution in [0.4, 0.5) is 10.5 Å². The van der Waals surface area contributed by atoms with Gasteiger partial charge in [0, 0.05) is 18.7 Å². The molecule has 0 atom stereocenters. The normalized spacial score (nSPS) is 14.3. The lowest BCUT2D eigenvalue weighted by atomic mass is 10.2. The van der Waals surface area contributed by atoms with Gasteiger partial charge in [-0.1, -0.05) is 24.4 Å². The predicted octanol–water partition coefficient (Wildman–Crippen LogP) is 4.03. The number of likely N-dealkylation sites (N-methyl/N-ethyl adjacent to an activating group) is 1. The highest BCUT2D eigenvalue weighted by Gasteiger charge is 2.31. The quantitative estimate of drug-likeness (QED) is 0.219. The molecule has 2 aromatic rings. The molecule has 1 fully saturated rings. The van der Waals surface area contributed by atoms with Crippen LogP contribution < -0.4 is 15.0 Å². The Labute approximate surface area is 233 Å². The van der Waals surface area contributed by atoms with Gasteiger partial charge in [-0.15, -0.1) is 0 Å². The van der Waals surface area contributed by atoms with Crippen LogP contribution in [-0.4, -0.2) is 66.9 Å². The number of rotatable bonds is 13. The highest BCUT2D eigenvalue weighted by Crippen LogP contribution is 2.33. The third kappa shape index (κ3) is 8.41. The van der Waals surface area contributed by atoms with Gasteiger partial charge < -0.3 is 19.7 Å². The van der Waals surface area contributed by atoms with E-state index in [4.69, 9.17) is 21.7 Å². The van der Waals surface area contributed by atoms with Crippen LogP contribution in [0.1, 0.15) is 42.6 Å². The Morgan fingerprint density at radius 3 is 2.39 bits per heavy atom. The van der Waals surface area contributed by atoms with Crippen LogP contribution in [0.25, 0.3) is 6.08 Å². The Morgan fingerprint density at radius 1 is 1.08 bits per heavy atom. The van der Waals surface area contributed by atoms with E-state index in [1.807, 2.05) is 30.3 Å². The van der Waals surface area contributed by atoms with E-state index in [0.29, 0.717) is 40.7 Å². The van der Waals surface area contributed by atoms with Gasteiger partial charge >= 0.3 is 5.97 Å². The number of thiocarbonyl (C=S) groups is 1. The molecular weight excluding hydrogens is 522 g/mol. The highest BCUT2D eigenvalue weighted by atomic mass is 32.2. The maximum absolute atomic E-state index is 12.5. The first-order chi connectivity index (χ1) is 18.3. The molecular formula is C28H34N3O5S2+. The van der Waals surface area contributed by atoms with E-state index in [2.05, 4.69) is 19.2 Å². The number of anilines is 1. The van der Waals surface area contributed by atoms with Crippen LogP contribution in [0.3, 0.4) is 0 Å². The molecule has 0 saturated carbocycles. The summed E-state index contributed by atoms with van der Waals surface area (Å²) in [7, 11) is 1.61. The molecule has 1 aliphatic heterocycles. The zero-order chi connectivity index (χ0) is 27.5. The molecule has 0 bridgehead atoms. The van der Waals surface area contributed by atoms with Gasteiger partial charge in [0.25, 0.3) is 5.24 Å². The number of esters is 1. The van der Waals surface area contributed by atoms with Crippen molar-refractivity contribution in [2.45, 2.75) is 26.7 Å². The third-order valence-corrected chi connectivity index (χ3v) is 7.66. The number of carbonyl (C=O) groups is 3. The first-order valence-electron chi connectivity index (χ1n) is 12.6. The van der Waals surface area contributed by atoms with Gasteiger partial charge in [-0.3, -0.25) is 14.5 Å². The summed E-state index contributed by atoms with van der Waals surface area (Å²) in [5, 5.41) is 2.68. The van der Waals surface area contributed by atoms with Gasteiger partial charge in [0.1, 0.15) is 23.9 Å². The van der Waals surface area contributed by atoms with Crippen molar-refractivity contribution < 1.29 is 28.8 Å². The third-order valence-electron chi connectivity index (χ3n) is 6.17. The number of ether oxygens (including phenoxy) is 2. The van der Waals surface area contributed by atoms with Crippen LogP contribution >= 0.6 is 24.0 Å². The van der Waals surface area contributed by atoms with Gasteiger partial charge in [0.05, 0.1) is 30.7 Å². The Morgan fingerprint density at radius 2 is 1.76 bits per heavy atom. The number of nitrogens with zero attached hydrogens (tertiary/aromatic N) is 1. The average Bonchev–Trinajstić information content (AvgIpc) is 3.19. The molecule has 0 spiro atoms. The first kappa shape index (κ1) is 29.3. The molecule has 38 heavy (non-hydrogen) atoms. The van der Waals surface area contributed by atoms with Crippen LogP contribution in [-0.2, 0) is 9.53 Å². The van der Waals surface area contributed by atoms with Crippen molar-refractivity contribution in [1.82, 2.24) is 4.90 Å². The predicted molar refractivity (Wildman–Crippen MR) is 155 cm³/mol. The van der Waals surface area contributed by atoms with Crippen molar-refractivity contribution in [3.8, 4) is 5.75 Å². The molecule has 8 nitrogen and oxygen atoms in total. The lowest BCUT2D eigenvalue weighted by Crippen LogP contribution is -3.11. The number of nitrogens with one attached hydrogen (secondary N) is 2. The molecule has 1 aliphatic rings. The maximum atomic E-state index is 12.5. The molecule has 1 saturated heterocycles. The Kier molecular flexibility index (Phi) is 11.3. The molecule has 2 N–H and O–H groups in total. The van der Waals surface area contributed by atoms with Crippen molar-refractivity contribution in [2.24, 2.45) is 0 Å². The number of methoxy groups -OCH3 is 1. The van der Waals surface area contributed by atoms with E-state index in [1.165, 1.54) is 9.80 Å². The van der Waals surface area contributed by atoms with Gasteiger partial charge in [-0.2, -0.15) is 0 Å². The van der Waals surface area contributed by atoms with E-state index in [0.717, 1.165) is 42.7 Å². The second-order valence-corrected chi connectivity index (χ2v) is 10.1. The molecule has 0 aliphatic carbocycles. The Hall–Kier alpha value is -3.21. The second kappa shape index (κ2) is 14.7. The minimum atomic E-state index is -0.376. The number of hydrogen-bond acceptors (Lipinski definition) is 7. The fourth-order valence-corrected chi connectivity index (χ4v) is 5.12. The Bertz CT molecular complexity index is 1160. The van der Waals surface area contributed by atoms with E-state index in [9.17, 15) is 14.4 Å². The van der Waals surface area contributed by atoms with Gasteiger partial charge in [0.2, 0.25) is 5.91 Å². The summed E-state index contributed by atoms with van der Waals surface area (Å²) >= 11 is 6.60. The molecule has 0 aromatic heterocycles. The lowest BCUT2D eigenvalue weighted by molar-refractivity contribution is -0.896. The van der Waals surface area contributed by atoms with E-state index >= 15 is 0 Å². The van der Waals surface area contributed by atoms with Crippen molar-refractivity contribution in [1.29, 1.82) is 0 Å². The molecule has 0 radical (unpaired) electrons. The summed E-state index contributed by atoms with van der Waals surface area (Å²) in [5.74, 6) is 0.200. The fourth-order valence-electron chi connectivity index (χ4n) is 3.83. The van der Waals surface area contributed by atoms with E-state index in [1.54, 1.807) is 31.4 Å². The van der Waals surface area contributed by atoms with Crippen molar-refractivity contribution in [3.05, 3.63) is 64.6 Å². The van der Waals surface area contributed by atoms with Gasteiger partial charge in [0.15, 0.2) is 0 Å². The topological polar surface area (TPSA) is 89.4 Å². The zero-order valence-corrected chi connectivity index (χ0v) is 23.6.